The molecule has 0 radical (unpaired) electrons. The van der Waals surface area contributed by atoms with Crippen molar-refractivity contribution in [1.29, 1.82) is 0 Å². The van der Waals surface area contributed by atoms with Crippen LogP contribution in [0.5, 0.6) is 0 Å². The summed E-state index contributed by atoms with van der Waals surface area (Å²) in [5.74, 6) is -1.31. The molecule has 0 spiro atoms. The first-order valence-corrected chi connectivity index (χ1v) is 9.75. The Bertz CT molecular complexity index is 1040. The topological polar surface area (TPSA) is 70.5 Å². The van der Waals surface area contributed by atoms with Crippen LogP contribution in [0.3, 0.4) is 0 Å². The van der Waals surface area contributed by atoms with Gasteiger partial charge in [-0.05, 0) is 48.7 Å². The van der Waals surface area contributed by atoms with E-state index in [-0.39, 0.29) is 11.9 Å². The van der Waals surface area contributed by atoms with Crippen molar-refractivity contribution in [3.05, 3.63) is 89.1 Å². The van der Waals surface area contributed by atoms with Gasteiger partial charge in [-0.25, -0.2) is 4.79 Å². The van der Waals surface area contributed by atoms with Gasteiger partial charge in [0, 0.05) is 22.3 Å². The number of carboxylic acids is 1. The third-order valence-electron chi connectivity index (χ3n) is 5.26. The average molecular weight is 407 g/mol. The van der Waals surface area contributed by atoms with Crippen LogP contribution in [0.15, 0.2) is 72.9 Å². The molecule has 29 heavy (non-hydrogen) atoms. The first-order chi connectivity index (χ1) is 14.1. The Kier molecular flexibility index (Phi) is 5.32. The molecule has 2 aromatic carbocycles. The van der Waals surface area contributed by atoms with Gasteiger partial charge in [0.2, 0.25) is 0 Å². The van der Waals surface area contributed by atoms with Gasteiger partial charge >= 0.3 is 5.97 Å². The smallest absolute Gasteiger partial charge is 0.326 e. The zero-order valence-electron chi connectivity index (χ0n) is 15.5. The monoisotopic (exact) mass is 406 g/mol. The summed E-state index contributed by atoms with van der Waals surface area (Å²) >= 11 is 6.34. The van der Waals surface area contributed by atoms with E-state index in [4.69, 9.17) is 11.6 Å². The molecule has 0 aliphatic carbocycles. The lowest BCUT2D eigenvalue weighted by atomic mass is 10.0. The van der Waals surface area contributed by atoms with Gasteiger partial charge < -0.3 is 10.0 Å². The average Bonchev–Trinajstić information content (AvgIpc) is 3.19. The number of benzene rings is 2. The van der Waals surface area contributed by atoms with E-state index in [1.54, 1.807) is 24.4 Å². The number of amides is 1. The highest BCUT2D eigenvalue weighted by atomic mass is 35.5. The number of rotatable bonds is 4. The van der Waals surface area contributed by atoms with Crippen LogP contribution in [-0.4, -0.2) is 32.9 Å². The lowest BCUT2D eigenvalue weighted by Gasteiger charge is -2.29. The summed E-state index contributed by atoms with van der Waals surface area (Å²) in [6, 6.07) is 18.7. The third-order valence-corrected chi connectivity index (χ3v) is 5.61. The standard InChI is InChI=1S/C23H19ClN2O3/c24-18-6-2-1-5-17(18)20-12-13-21(23(28)29)26(20)22(27)16-10-8-15(9-11-16)19-7-3-4-14-25-19/h1-11,14,20-21H,12-13H2,(H,28,29)/t20-,21+/m1/s1. The maximum atomic E-state index is 13.3. The Morgan fingerprint density at radius 2 is 1.69 bits per heavy atom. The second-order valence-electron chi connectivity index (χ2n) is 6.97. The van der Waals surface area contributed by atoms with E-state index in [0.717, 1.165) is 16.8 Å². The summed E-state index contributed by atoms with van der Waals surface area (Å²) in [4.78, 5) is 30.9. The van der Waals surface area contributed by atoms with E-state index in [0.29, 0.717) is 23.4 Å². The van der Waals surface area contributed by atoms with Gasteiger partial charge in [-0.2, -0.15) is 0 Å². The summed E-state index contributed by atoms with van der Waals surface area (Å²) in [5, 5.41) is 10.2. The molecule has 0 bridgehead atoms. The Morgan fingerprint density at radius 1 is 0.966 bits per heavy atom. The number of halogens is 1. The van der Waals surface area contributed by atoms with E-state index >= 15 is 0 Å². The van der Waals surface area contributed by atoms with Crippen LogP contribution in [0, 0.1) is 0 Å². The summed E-state index contributed by atoms with van der Waals surface area (Å²) in [5.41, 5.74) is 2.91. The molecule has 2 heterocycles. The van der Waals surface area contributed by atoms with Crippen molar-refractivity contribution in [3.63, 3.8) is 0 Å². The summed E-state index contributed by atoms with van der Waals surface area (Å²) in [6.45, 7) is 0. The number of carbonyl (C=O) groups is 2. The summed E-state index contributed by atoms with van der Waals surface area (Å²) in [7, 11) is 0. The fourth-order valence-corrected chi connectivity index (χ4v) is 4.12. The number of hydrogen-bond donors (Lipinski definition) is 1. The number of nitrogens with zero attached hydrogens (tertiary/aromatic N) is 2. The van der Waals surface area contributed by atoms with Crippen LogP contribution in [0.25, 0.3) is 11.3 Å². The predicted octanol–water partition coefficient (Wildman–Crippen LogP) is 4.83. The summed E-state index contributed by atoms with van der Waals surface area (Å²) < 4.78 is 0. The van der Waals surface area contributed by atoms with E-state index in [2.05, 4.69) is 4.98 Å². The molecule has 2 atom stereocenters. The van der Waals surface area contributed by atoms with Crippen molar-refractivity contribution in [2.45, 2.75) is 24.9 Å². The van der Waals surface area contributed by atoms with Gasteiger partial charge in [0.05, 0.1) is 11.7 Å². The van der Waals surface area contributed by atoms with Crippen LogP contribution >= 0.6 is 11.6 Å². The molecule has 0 saturated carbocycles. The molecule has 3 aromatic rings. The number of aliphatic carboxylic acids is 1. The molecule has 1 aliphatic rings. The fraction of sp³-hybridized carbons (Fsp3) is 0.174. The van der Waals surface area contributed by atoms with Crippen molar-refractivity contribution in [1.82, 2.24) is 9.88 Å². The maximum absolute atomic E-state index is 13.3. The molecule has 1 fully saturated rings. The van der Waals surface area contributed by atoms with Crippen LogP contribution in [-0.2, 0) is 4.79 Å². The molecule has 1 N–H and O–H groups in total. The van der Waals surface area contributed by atoms with Crippen molar-refractivity contribution in [3.8, 4) is 11.3 Å². The Hall–Kier alpha value is -3.18. The molecule has 5 nitrogen and oxygen atoms in total. The quantitative estimate of drug-likeness (QED) is 0.673. The molecule has 1 saturated heterocycles. The summed E-state index contributed by atoms with van der Waals surface area (Å²) in [6.07, 6.45) is 2.66. The molecule has 1 amide bonds. The van der Waals surface area contributed by atoms with E-state index < -0.39 is 12.0 Å². The van der Waals surface area contributed by atoms with Gasteiger partial charge in [-0.1, -0.05) is 48.0 Å². The second kappa shape index (κ2) is 8.05. The number of aromatic nitrogens is 1. The van der Waals surface area contributed by atoms with Crippen molar-refractivity contribution in [2.24, 2.45) is 0 Å². The van der Waals surface area contributed by atoms with Gasteiger partial charge in [-0.3, -0.25) is 9.78 Å². The highest BCUT2D eigenvalue weighted by Gasteiger charge is 2.42. The van der Waals surface area contributed by atoms with Crippen molar-refractivity contribution >= 4 is 23.5 Å². The van der Waals surface area contributed by atoms with Crippen LogP contribution in [0.1, 0.15) is 34.8 Å². The van der Waals surface area contributed by atoms with Gasteiger partial charge in [-0.15, -0.1) is 0 Å². The zero-order chi connectivity index (χ0) is 20.4. The van der Waals surface area contributed by atoms with E-state index in [1.807, 2.05) is 48.5 Å². The normalized spacial score (nSPS) is 18.6. The predicted molar refractivity (Wildman–Crippen MR) is 111 cm³/mol. The Morgan fingerprint density at radius 3 is 2.34 bits per heavy atom. The lowest BCUT2D eigenvalue weighted by molar-refractivity contribution is -0.141. The molecule has 6 heteroatoms. The largest absolute Gasteiger partial charge is 0.480 e. The lowest BCUT2D eigenvalue weighted by Crippen LogP contribution is -2.41. The van der Waals surface area contributed by atoms with E-state index in [9.17, 15) is 14.7 Å². The van der Waals surface area contributed by atoms with Gasteiger partial charge in [0.25, 0.3) is 5.91 Å². The molecule has 0 unspecified atom stereocenters. The second-order valence-corrected chi connectivity index (χ2v) is 7.38. The third kappa shape index (κ3) is 3.74. The Labute approximate surface area is 173 Å². The minimum atomic E-state index is -1.00. The van der Waals surface area contributed by atoms with Crippen LogP contribution < -0.4 is 0 Å². The fourth-order valence-electron chi connectivity index (χ4n) is 3.85. The van der Waals surface area contributed by atoms with Crippen molar-refractivity contribution < 1.29 is 14.7 Å². The van der Waals surface area contributed by atoms with Crippen molar-refractivity contribution in [2.75, 3.05) is 0 Å². The van der Waals surface area contributed by atoms with E-state index in [1.165, 1.54) is 4.90 Å². The zero-order valence-corrected chi connectivity index (χ0v) is 16.3. The minimum Gasteiger partial charge on any atom is -0.480 e. The maximum Gasteiger partial charge on any atom is 0.326 e. The highest BCUT2D eigenvalue weighted by molar-refractivity contribution is 6.31. The molecular weight excluding hydrogens is 388 g/mol. The van der Waals surface area contributed by atoms with Crippen LogP contribution in [0.4, 0.5) is 0 Å². The van der Waals surface area contributed by atoms with Gasteiger partial charge in [0.1, 0.15) is 6.04 Å². The first-order valence-electron chi connectivity index (χ1n) is 9.37. The van der Waals surface area contributed by atoms with Gasteiger partial charge in [0.15, 0.2) is 0 Å². The molecule has 146 valence electrons. The molecule has 1 aromatic heterocycles. The molecular formula is C23H19ClN2O3. The Balaban J connectivity index is 1.67. The first kappa shape index (κ1) is 19.2. The number of pyridine rings is 1. The van der Waals surface area contributed by atoms with Crippen LogP contribution in [0.2, 0.25) is 5.02 Å². The number of carboxylic acid groups (broad SMARTS) is 1. The molecule has 1 aliphatic heterocycles. The number of carbonyl (C=O) groups excluding carboxylic acids is 1. The minimum absolute atomic E-state index is 0.313. The SMILES string of the molecule is O=C(O)[C@@H]1CC[C@H](c2ccccc2Cl)N1C(=O)c1ccc(-c2ccccn2)cc1. The number of likely N-dealkylation sites (tertiary alicyclic amines) is 1. The highest BCUT2D eigenvalue weighted by Crippen LogP contribution is 2.40. The number of hydrogen-bond acceptors (Lipinski definition) is 3. The molecule has 4 rings (SSSR count).